The number of nitrogens with two attached hydrogens (primary N) is 1. The molecule has 0 unspecified atom stereocenters. The van der Waals surface area contributed by atoms with Crippen LogP contribution in [-0.4, -0.2) is 16.8 Å². The second-order valence-electron chi connectivity index (χ2n) is 5.02. The van der Waals surface area contributed by atoms with Crippen molar-refractivity contribution >= 4 is 6.09 Å². The molecule has 1 amide bonds. The van der Waals surface area contributed by atoms with Crippen LogP contribution in [0.2, 0.25) is 0 Å². The summed E-state index contributed by atoms with van der Waals surface area (Å²) >= 11 is 0. The smallest absolute Gasteiger partial charge is 0.407 e. The van der Waals surface area contributed by atoms with Crippen molar-refractivity contribution in [1.82, 2.24) is 5.32 Å². The molecule has 18 heavy (non-hydrogen) atoms. The molecular weight excluding hydrogens is 232 g/mol. The average molecular weight is 252 g/mol. The Kier molecular flexibility index (Phi) is 4.55. The van der Waals surface area contributed by atoms with Crippen molar-refractivity contribution in [3.05, 3.63) is 29.3 Å². The van der Waals surface area contributed by atoms with E-state index in [0.29, 0.717) is 12.1 Å². The highest BCUT2D eigenvalue weighted by Crippen LogP contribution is 2.17. The summed E-state index contributed by atoms with van der Waals surface area (Å²) in [4.78, 5) is 11.4. The van der Waals surface area contributed by atoms with Gasteiger partial charge >= 0.3 is 6.09 Å². The van der Waals surface area contributed by atoms with Crippen molar-refractivity contribution in [2.24, 2.45) is 5.73 Å². The Hall–Kier alpha value is -1.75. The second-order valence-corrected chi connectivity index (χ2v) is 5.02. The van der Waals surface area contributed by atoms with E-state index in [9.17, 15) is 9.90 Å². The summed E-state index contributed by atoms with van der Waals surface area (Å²) in [5.41, 5.74) is 6.49. The molecule has 5 heteroatoms. The van der Waals surface area contributed by atoms with Gasteiger partial charge in [-0.3, -0.25) is 0 Å². The van der Waals surface area contributed by atoms with Gasteiger partial charge in [0.25, 0.3) is 0 Å². The number of ether oxygens (including phenoxy) is 1. The molecule has 5 nitrogen and oxygen atoms in total. The van der Waals surface area contributed by atoms with Gasteiger partial charge in [0.1, 0.15) is 11.4 Å². The van der Waals surface area contributed by atoms with E-state index in [0.717, 1.165) is 5.56 Å². The molecule has 0 aliphatic rings. The predicted molar refractivity (Wildman–Crippen MR) is 69.1 cm³/mol. The van der Waals surface area contributed by atoms with Gasteiger partial charge in [0.05, 0.1) is 0 Å². The van der Waals surface area contributed by atoms with E-state index >= 15 is 0 Å². The number of hydrogen-bond acceptors (Lipinski definition) is 4. The largest absolute Gasteiger partial charge is 0.508 e. The third-order valence-electron chi connectivity index (χ3n) is 2.20. The zero-order chi connectivity index (χ0) is 13.8. The van der Waals surface area contributed by atoms with Crippen LogP contribution in [0.25, 0.3) is 0 Å². The van der Waals surface area contributed by atoms with Crippen LogP contribution in [0.3, 0.4) is 0 Å². The SMILES string of the molecule is CC(C)(C)OC(=O)NCc1ccc(O)c(CN)c1. The van der Waals surface area contributed by atoms with Gasteiger partial charge < -0.3 is 20.9 Å². The second kappa shape index (κ2) is 5.73. The number of aromatic hydroxyl groups is 1. The minimum absolute atomic E-state index is 0.165. The van der Waals surface area contributed by atoms with Crippen LogP contribution < -0.4 is 11.1 Å². The molecule has 100 valence electrons. The fourth-order valence-corrected chi connectivity index (χ4v) is 1.40. The Labute approximate surface area is 107 Å². The molecule has 0 atom stereocenters. The van der Waals surface area contributed by atoms with Gasteiger partial charge in [-0.05, 0) is 38.5 Å². The van der Waals surface area contributed by atoms with Gasteiger partial charge in [-0.15, -0.1) is 0 Å². The first-order chi connectivity index (χ1) is 8.31. The van der Waals surface area contributed by atoms with Gasteiger partial charge in [-0.25, -0.2) is 4.79 Å². The Bertz CT molecular complexity index is 425. The number of carbonyl (C=O) groups is 1. The van der Waals surface area contributed by atoms with Crippen LogP contribution in [0.5, 0.6) is 5.75 Å². The number of carbonyl (C=O) groups excluding carboxylic acids is 1. The van der Waals surface area contributed by atoms with E-state index in [2.05, 4.69) is 5.32 Å². The first-order valence-corrected chi connectivity index (χ1v) is 5.79. The van der Waals surface area contributed by atoms with Crippen molar-refractivity contribution in [2.75, 3.05) is 0 Å². The van der Waals surface area contributed by atoms with Crippen molar-refractivity contribution in [3.8, 4) is 5.75 Å². The van der Waals surface area contributed by atoms with Crippen LogP contribution in [-0.2, 0) is 17.8 Å². The number of nitrogens with one attached hydrogen (secondary N) is 1. The highest BCUT2D eigenvalue weighted by Gasteiger charge is 2.15. The maximum Gasteiger partial charge on any atom is 0.407 e. The number of rotatable bonds is 3. The Morgan fingerprint density at radius 1 is 1.44 bits per heavy atom. The summed E-state index contributed by atoms with van der Waals surface area (Å²) in [7, 11) is 0. The molecule has 0 heterocycles. The van der Waals surface area contributed by atoms with Gasteiger partial charge in [-0.1, -0.05) is 6.07 Å². The molecule has 1 rings (SSSR count). The summed E-state index contributed by atoms with van der Waals surface area (Å²) in [6.07, 6.45) is -0.468. The number of benzene rings is 1. The quantitative estimate of drug-likeness (QED) is 0.766. The normalized spacial score (nSPS) is 11.1. The minimum atomic E-state index is -0.512. The topological polar surface area (TPSA) is 84.6 Å². The average Bonchev–Trinajstić information content (AvgIpc) is 2.25. The first kappa shape index (κ1) is 14.3. The monoisotopic (exact) mass is 252 g/mol. The lowest BCUT2D eigenvalue weighted by atomic mass is 10.1. The molecule has 0 aliphatic heterocycles. The van der Waals surface area contributed by atoms with Crippen molar-refractivity contribution in [3.63, 3.8) is 0 Å². The molecule has 0 saturated carbocycles. The van der Waals surface area contributed by atoms with E-state index in [1.807, 2.05) is 0 Å². The molecule has 0 aromatic heterocycles. The predicted octanol–water partition coefficient (Wildman–Crippen LogP) is 1.88. The number of alkyl carbamates (subject to hydrolysis) is 1. The van der Waals surface area contributed by atoms with E-state index < -0.39 is 11.7 Å². The lowest BCUT2D eigenvalue weighted by Gasteiger charge is -2.19. The number of hydrogen-bond donors (Lipinski definition) is 3. The highest BCUT2D eigenvalue weighted by atomic mass is 16.6. The molecule has 0 saturated heterocycles. The van der Waals surface area contributed by atoms with Gasteiger partial charge in [0.15, 0.2) is 0 Å². The fraction of sp³-hybridized carbons (Fsp3) is 0.462. The molecule has 0 fully saturated rings. The third-order valence-corrected chi connectivity index (χ3v) is 2.20. The summed E-state index contributed by atoms with van der Waals surface area (Å²) in [6, 6.07) is 5.05. The first-order valence-electron chi connectivity index (χ1n) is 5.79. The molecule has 1 aromatic carbocycles. The zero-order valence-corrected chi connectivity index (χ0v) is 11.0. The molecule has 4 N–H and O–H groups in total. The third kappa shape index (κ3) is 4.63. The molecule has 0 aliphatic carbocycles. The molecule has 0 spiro atoms. The Balaban J connectivity index is 2.56. The number of phenols is 1. The molecular formula is C13H20N2O3. The molecule has 1 aromatic rings. The Morgan fingerprint density at radius 2 is 2.11 bits per heavy atom. The van der Waals surface area contributed by atoms with Gasteiger partial charge in [0, 0.05) is 18.7 Å². The lowest BCUT2D eigenvalue weighted by molar-refractivity contribution is 0.0523. The van der Waals surface area contributed by atoms with Gasteiger partial charge in [-0.2, -0.15) is 0 Å². The summed E-state index contributed by atoms with van der Waals surface area (Å²) in [6.45, 7) is 6.01. The van der Waals surface area contributed by atoms with Crippen LogP contribution in [0.4, 0.5) is 4.79 Å². The summed E-state index contributed by atoms with van der Waals surface area (Å²) in [5.74, 6) is 0.165. The van der Waals surface area contributed by atoms with E-state index in [4.69, 9.17) is 10.5 Å². The van der Waals surface area contributed by atoms with E-state index in [-0.39, 0.29) is 12.3 Å². The number of amides is 1. The van der Waals surface area contributed by atoms with Crippen LogP contribution >= 0.6 is 0 Å². The Morgan fingerprint density at radius 3 is 2.67 bits per heavy atom. The zero-order valence-electron chi connectivity index (χ0n) is 11.0. The van der Waals surface area contributed by atoms with E-state index in [1.54, 1.807) is 39.0 Å². The highest BCUT2D eigenvalue weighted by molar-refractivity contribution is 5.67. The molecule has 0 bridgehead atoms. The lowest BCUT2D eigenvalue weighted by Crippen LogP contribution is -2.32. The van der Waals surface area contributed by atoms with E-state index in [1.165, 1.54) is 0 Å². The standard InChI is InChI=1S/C13H20N2O3/c1-13(2,3)18-12(17)15-8-9-4-5-11(16)10(6-9)7-14/h4-6,16H,7-8,14H2,1-3H3,(H,15,17). The van der Waals surface area contributed by atoms with Crippen LogP contribution in [0.1, 0.15) is 31.9 Å². The van der Waals surface area contributed by atoms with Crippen LogP contribution in [0.15, 0.2) is 18.2 Å². The minimum Gasteiger partial charge on any atom is -0.508 e. The molecule has 0 radical (unpaired) electrons. The van der Waals surface area contributed by atoms with Crippen molar-refractivity contribution in [2.45, 2.75) is 39.5 Å². The van der Waals surface area contributed by atoms with Crippen LogP contribution in [0, 0.1) is 0 Å². The number of phenolic OH excluding ortho intramolecular Hbond substituents is 1. The fourth-order valence-electron chi connectivity index (χ4n) is 1.40. The van der Waals surface area contributed by atoms with Gasteiger partial charge in [0.2, 0.25) is 0 Å². The summed E-state index contributed by atoms with van der Waals surface area (Å²) in [5, 5.41) is 12.1. The van der Waals surface area contributed by atoms with Crippen molar-refractivity contribution < 1.29 is 14.6 Å². The maximum absolute atomic E-state index is 11.4. The summed E-state index contributed by atoms with van der Waals surface area (Å²) < 4.78 is 5.12. The van der Waals surface area contributed by atoms with Crippen molar-refractivity contribution in [1.29, 1.82) is 0 Å². The maximum atomic E-state index is 11.4.